The second-order valence-electron chi connectivity index (χ2n) is 6.91. The number of thiophene rings is 1. The van der Waals surface area contributed by atoms with Crippen LogP contribution in [0.1, 0.15) is 29.0 Å². The minimum Gasteiger partial charge on any atom is -0.309 e. The second-order valence-corrected chi connectivity index (χ2v) is 8.28. The Kier molecular flexibility index (Phi) is 4.10. The van der Waals surface area contributed by atoms with Gasteiger partial charge in [-0.05, 0) is 44.9 Å². The zero-order valence-corrected chi connectivity index (χ0v) is 14.8. The zero-order valence-electron chi connectivity index (χ0n) is 13.9. The van der Waals surface area contributed by atoms with Crippen LogP contribution in [0.3, 0.4) is 0 Å². The Morgan fingerprint density at radius 2 is 2.04 bits per heavy atom. The third-order valence-electron chi connectivity index (χ3n) is 5.20. The summed E-state index contributed by atoms with van der Waals surface area (Å²) in [6.45, 7) is 5.83. The highest BCUT2D eigenvalue weighted by Crippen LogP contribution is 2.42. The van der Waals surface area contributed by atoms with Gasteiger partial charge in [-0.15, -0.1) is 11.3 Å². The van der Waals surface area contributed by atoms with Gasteiger partial charge in [0, 0.05) is 29.4 Å². The summed E-state index contributed by atoms with van der Waals surface area (Å²) in [6, 6.07) is 4.39. The normalized spacial score (nSPS) is 24.9. The Labute approximate surface area is 146 Å². The third-order valence-corrected chi connectivity index (χ3v) is 6.19. The van der Waals surface area contributed by atoms with Crippen LogP contribution in [-0.2, 0) is 11.3 Å². The number of likely N-dealkylation sites (tertiary alicyclic amines) is 1. The van der Waals surface area contributed by atoms with E-state index in [1.165, 1.54) is 16.1 Å². The van der Waals surface area contributed by atoms with Crippen LogP contribution in [0.5, 0.6) is 0 Å². The Bertz CT molecular complexity index is 732. The Morgan fingerprint density at radius 1 is 1.21 bits per heavy atom. The molecule has 2 aliphatic heterocycles. The van der Waals surface area contributed by atoms with Gasteiger partial charge in [-0.1, -0.05) is 0 Å². The zero-order chi connectivity index (χ0) is 16.6. The van der Waals surface area contributed by atoms with Crippen LogP contribution in [0.15, 0.2) is 30.9 Å². The number of hydrogen-bond acceptors (Lipinski definition) is 5. The van der Waals surface area contributed by atoms with Crippen molar-refractivity contribution in [2.45, 2.75) is 32.7 Å². The number of rotatable bonds is 3. The molecule has 0 radical (unpaired) electrons. The van der Waals surface area contributed by atoms with E-state index in [-0.39, 0.29) is 11.3 Å². The molecule has 1 amide bonds. The number of aryl methyl sites for hydroxylation is 1. The van der Waals surface area contributed by atoms with Crippen molar-refractivity contribution in [2.24, 2.45) is 5.41 Å². The van der Waals surface area contributed by atoms with E-state index in [9.17, 15) is 4.79 Å². The predicted octanol–water partition coefficient (Wildman–Crippen LogP) is 2.87. The number of nitrogens with zero attached hydrogens (tertiary/aromatic N) is 4. The van der Waals surface area contributed by atoms with Gasteiger partial charge < -0.3 is 4.90 Å². The number of piperidine rings is 1. The smallest absolute Gasteiger partial charge is 0.234 e. The molecule has 0 saturated carbocycles. The number of hydrogen-bond donors (Lipinski definition) is 0. The highest BCUT2D eigenvalue weighted by atomic mass is 32.1. The Balaban J connectivity index is 1.49. The lowest BCUT2D eigenvalue weighted by Crippen LogP contribution is -2.47. The molecule has 2 aromatic rings. The molecule has 2 fully saturated rings. The van der Waals surface area contributed by atoms with E-state index in [1.54, 1.807) is 12.4 Å². The van der Waals surface area contributed by atoms with Crippen LogP contribution >= 0.6 is 11.3 Å². The summed E-state index contributed by atoms with van der Waals surface area (Å²) in [5, 5.41) is 0. The summed E-state index contributed by atoms with van der Waals surface area (Å²) < 4.78 is 0. The van der Waals surface area contributed by atoms with Crippen LogP contribution in [0.4, 0.5) is 5.69 Å². The van der Waals surface area contributed by atoms with Crippen molar-refractivity contribution in [2.75, 3.05) is 24.5 Å². The molecular formula is C18H22N4OS. The molecule has 2 aliphatic rings. The highest BCUT2D eigenvalue weighted by molar-refractivity contribution is 7.11. The van der Waals surface area contributed by atoms with Gasteiger partial charge in [0.15, 0.2) is 0 Å². The van der Waals surface area contributed by atoms with E-state index in [0.717, 1.165) is 51.1 Å². The molecule has 6 heteroatoms. The number of aromatic nitrogens is 2. The van der Waals surface area contributed by atoms with Crippen molar-refractivity contribution in [1.82, 2.24) is 14.9 Å². The summed E-state index contributed by atoms with van der Waals surface area (Å²) in [5.41, 5.74) is 0.603. The van der Waals surface area contributed by atoms with Crippen molar-refractivity contribution in [3.8, 4) is 0 Å². The molecule has 24 heavy (non-hydrogen) atoms. The van der Waals surface area contributed by atoms with Crippen molar-refractivity contribution in [1.29, 1.82) is 0 Å². The van der Waals surface area contributed by atoms with Gasteiger partial charge in [0.25, 0.3) is 0 Å². The van der Waals surface area contributed by atoms with E-state index in [0.29, 0.717) is 0 Å². The minimum absolute atomic E-state index is 0.222. The molecule has 2 aromatic heterocycles. The monoisotopic (exact) mass is 342 g/mol. The molecule has 0 N–H and O–H groups in total. The van der Waals surface area contributed by atoms with Gasteiger partial charge in [-0.25, -0.2) is 9.97 Å². The lowest BCUT2D eigenvalue weighted by atomic mass is 9.78. The van der Waals surface area contributed by atoms with Gasteiger partial charge in [0.05, 0.1) is 23.5 Å². The van der Waals surface area contributed by atoms with E-state index in [1.807, 2.05) is 16.2 Å². The summed E-state index contributed by atoms with van der Waals surface area (Å²) in [4.78, 5) is 28.3. The molecule has 0 aromatic carbocycles. The summed E-state index contributed by atoms with van der Waals surface area (Å²) >= 11 is 1.86. The highest BCUT2D eigenvalue weighted by Gasteiger charge is 2.49. The van der Waals surface area contributed by atoms with Crippen LogP contribution in [0.2, 0.25) is 0 Å². The average Bonchev–Trinajstić information content (AvgIpc) is 3.13. The van der Waals surface area contributed by atoms with Crippen molar-refractivity contribution >= 4 is 22.9 Å². The first-order valence-corrected chi connectivity index (χ1v) is 9.33. The molecular weight excluding hydrogens is 320 g/mol. The van der Waals surface area contributed by atoms with Crippen molar-refractivity contribution < 1.29 is 4.79 Å². The standard InChI is InChI=1S/C18H22N4OS/c1-14-3-4-16(24-14)11-21-7-2-5-18(12-21)6-8-22(17(18)23)15-9-19-13-20-10-15/h3-4,9-10,13H,2,5-8,11-12H2,1H3/t18-/m0/s1. The van der Waals surface area contributed by atoms with Crippen LogP contribution in [-0.4, -0.2) is 40.4 Å². The molecule has 126 valence electrons. The summed E-state index contributed by atoms with van der Waals surface area (Å²) in [6.07, 6.45) is 8.00. The Hall–Kier alpha value is -1.79. The van der Waals surface area contributed by atoms with Crippen LogP contribution < -0.4 is 4.90 Å². The average molecular weight is 342 g/mol. The fourth-order valence-electron chi connectivity index (χ4n) is 4.03. The van der Waals surface area contributed by atoms with Crippen LogP contribution in [0.25, 0.3) is 0 Å². The predicted molar refractivity (Wildman–Crippen MR) is 95.0 cm³/mol. The molecule has 0 bridgehead atoms. The van der Waals surface area contributed by atoms with E-state index < -0.39 is 0 Å². The fraction of sp³-hybridized carbons (Fsp3) is 0.500. The SMILES string of the molecule is Cc1ccc(CN2CCC[C@]3(CCN(c4cncnc4)C3=O)C2)s1. The molecule has 4 rings (SSSR count). The number of amides is 1. The fourth-order valence-corrected chi connectivity index (χ4v) is 4.96. The maximum absolute atomic E-state index is 13.1. The molecule has 1 atom stereocenters. The lowest BCUT2D eigenvalue weighted by molar-refractivity contribution is -0.128. The maximum Gasteiger partial charge on any atom is 0.234 e. The quantitative estimate of drug-likeness (QED) is 0.861. The number of anilines is 1. The number of carbonyl (C=O) groups excluding carboxylic acids is 1. The molecule has 5 nitrogen and oxygen atoms in total. The molecule has 4 heterocycles. The van der Waals surface area contributed by atoms with E-state index >= 15 is 0 Å². The first kappa shape index (κ1) is 15.7. The molecule has 2 saturated heterocycles. The van der Waals surface area contributed by atoms with E-state index in [4.69, 9.17) is 0 Å². The first-order chi connectivity index (χ1) is 11.7. The van der Waals surface area contributed by atoms with Gasteiger partial charge >= 0.3 is 0 Å². The largest absolute Gasteiger partial charge is 0.309 e. The minimum atomic E-state index is -0.222. The summed E-state index contributed by atoms with van der Waals surface area (Å²) in [5.74, 6) is 0.254. The van der Waals surface area contributed by atoms with Gasteiger partial charge in [-0.3, -0.25) is 9.69 Å². The van der Waals surface area contributed by atoms with Gasteiger partial charge in [0.1, 0.15) is 6.33 Å². The van der Waals surface area contributed by atoms with Crippen LogP contribution in [0, 0.1) is 12.3 Å². The van der Waals surface area contributed by atoms with E-state index in [2.05, 4.69) is 33.9 Å². The first-order valence-electron chi connectivity index (χ1n) is 8.51. The topological polar surface area (TPSA) is 49.3 Å². The maximum atomic E-state index is 13.1. The van der Waals surface area contributed by atoms with Crippen molar-refractivity contribution in [3.63, 3.8) is 0 Å². The van der Waals surface area contributed by atoms with Gasteiger partial charge in [-0.2, -0.15) is 0 Å². The third kappa shape index (κ3) is 2.84. The summed E-state index contributed by atoms with van der Waals surface area (Å²) in [7, 11) is 0. The number of carbonyl (C=O) groups is 1. The lowest BCUT2D eigenvalue weighted by Gasteiger charge is -2.38. The van der Waals surface area contributed by atoms with Gasteiger partial charge in [0.2, 0.25) is 5.91 Å². The van der Waals surface area contributed by atoms with Crippen molar-refractivity contribution in [3.05, 3.63) is 40.6 Å². The molecule has 0 aliphatic carbocycles. The Morgan fingerprint density at radius 3 is 2.79 bits per heavy atom. The second kappa shape index (κ2) is 6.26. The molecule has 0 unspecified atom stereocenters. The molecule has 1 spiro atoms.